The fourth-order valence-electron chi connectivity index (χ4n) is 3.22. The molecular weight excluding hydrogens is 340 g/mol. The summed E-state index contributed by atoms with van der Waals surface area (Å²) in [4.78, 5) is 17.8. The van der Waals surface area contributed by atoms with Crippen molar-refractivity contribution in [3.8, 4) is 0 Å². The van der Waals surface area contributed by atoms with Crippen LogP contribution < -0.4 is 0 Å². The smallest absolute Gasteiger partial charge is 0.410 e. The van der Waals surface area contributed by atoms with Gasteiger partial charge in [-0.25, -0.2) is 13.2 Å². The molecule has 2 rings (SSSR count). The third kappa shape index (κ3) is 5.17. The molecule has 1 fully saturated rings. The normalized spacial score (nSPS) is 18.0. The number of rotatable bonds is 4. The van der Waals surface area contributed by atoms with Crippen LogP contribution in [0.4, 0.5) is 4.79 Å². The van der Waals surface area contributed by atoms with Gasteiger partial charge in [0.1, 0.15) is 5.60 Å². The molecule has 0 bridgehead atoms. The Hall–Kier alpha value is -1.63. The highest BCUT2D eigenvalue weighted by molar-refractivity contribution is 7.91. The van der Waals surface area contributed by atoms with Crippen LogP contribution in [0.1, 0.15) is 51.3 Å². The van der Waals surface area contributed by atoms with Gasteiger partial charge in [-0.15, -0.1) is 0 Å². The molecular formula is C18H28N2O4S. The van der Waals surface area contributed by atoms with Crippen molar-refractivity contribution in [3.05, 3.63) is 30.1 Å². The molecule has 1 saturated heterocycles. The SMILES string of the molecule is CCS(=O)(=O)C(c1ccncc1)C1CCN(C(=O)OC(C)(C)C)CC1. The monoisotopic (exact) mass is 368 g/mol. The molecule has 25 heavy (non-hydrogen) atoms. The average molecular weight is 368 g/mol. The minimum atomic E-state index is -3.24. The summed E-state index contributed by atoms with van der Waals surface area (Å²) < 4.78 is 30.8. The van der Waals surface area contributed by atoms with E-state index >= 15 is 0 Å². The Labute approximate surface area is 150 Å². The van der Waals surface area contributed by atoms with E-state index in [-0.39, 0.29) is 17.8 Å². The van der Waals surface area contributed by atoms with Crippen LogP contribution in [0, 0.1) is 5.92 Å². The molecule has 2 heterocycles. The Morgan fingerprint density at radius 1 is 1.28 bits per heavy atom. The summed E-state index contributed by atoms with van der Waals surface area (Å²) in [6, 6.07) is 3.55. The van der Waals surface area contributed by atoms with Crippen LogP contribution >= 0.6 is 0 Å². The first kappa shape index (κ1) is 19.7. The minimum absolute atomic E-state index is 0.00830. The van der Waals surface area contributed by atoms with Gasteiger partial charge in [-0.3, -0.25) is 4.98 Å². The molecule has 1 aliphatic rings. The third-order valence-corrected chi connectivity index (χ3v) is 6.68. The van der Waals surface area contributed by atoms with Crippen LogP contribution in [0.15, 0.2) is 24.5 Å². The lowest BCUT2D eigenvalue weighted by atomic mass is 9.90. The summed E-state index contributed by atoms with van der Waals surface area (Å²) >= 11 is 0. The highest BCUT2D eigenvalue weighted by atomic mass is 32.2. The van der Waals surface area contributed by atoms with E-state index in [2.05, 4.69) is 4.98 Å². The zero-order valence-electron chi connectivity index (χ0n) is 15.4. The predicted molar refractivity (Wildman–Crippen MR) is 97.0 cm³/mol. The van der Waals surface area contributed by atoms with Gasteiger partial charge >= 0.3 is 6.09 Å². The van der Waals surface area contributed by atoms with Gasteiger partial charge in [-0.05, 0) is 57.2 Å². The first-order valence-electron chi connectivity index (χ1n) is 8.73. The Bertz CT molecular complexity index is 675. The summed E-state index contributed by atoms with van der Waals surface area (Å²) in [5.41, 5.74) is 0.256. The van der Waals surface area contributed by atoms with E-state index in [0.29, 0.717) is 25.9 Å². The molecule has 0 aliphatic carbocycles. The lowest BCUT2D eigenvalue weighted by Gasteiger charge is -2.36. The number of pyridine rings is 1. The molecule has 0 spiro atoms. The van der Waals surface area contributed by atoms with Crippen molar-refractivity contribution in [2.45, 2.75) is 51.4 Å². The molecule has 6 nitrogen and oxygen atoms in total. The fourth-order valence-corrected chi connectivity index (χ4v) is 5.01. The van der Waals surface area contributed by atoms with E-state index in [1.54, 1.807) is 36.4 Å². The number of aromatic nitrogens is 1. The van der Waals surface area contributed by atoms with E-state index < -0.39 is 20.7 Å². The number of nitrogens with zero attached hydrogens (tertiary/aromatic N) is 2. The Balaban J connectivity index is 2.12. The summed E-state index contributed by atoms with van der Waals surface area (Å²) in [5, 5.41) is -0.540. The highest BCUT2D eigenvalue weighted by Crippen LogP contribution is 2.37. The van der Waals surface area contributed by atoms with Gasteiger partial charge < -0.3 is 9.64 Å². The summed E-state index contributed by atoms with van der Waals surface area (Å²) in [5.74, 6) is 0.0951. The van der Waals surface area contributed by atoms with Crippen LogP contribution in [0.3, 0.4) is 0 Å². The molecule has 1 unspecified atom stereocenters. The van der Waals surface area contributed by atoms with Crippen molar-refractivity contribution >= 4 is 15.9 Å². The molecule has 140 valence electrons. The predicted octanol–water partition coefficient (Wildman–Crippen LogP) is 3.20. The number of sulfone groups is 1. The maximum Gasteiger partial charge on any atom is 0.410 e. The molecule has 1 aromatic rings. The number of hydrogen-bond donors (Lipinski definition) is 0. The number of likely N-dealkylation sites (tertiary alicyclic amines) is 1. The number of piperidine rings is 1. The van der Waals surface area contributed by atoms with Gasteiger partial charge in [-0.1, -0.05) is 6.92 Å². The first-order chi connectivity index (χ1) is 11.6. The Morgan fingerprint density at radius 2 is 1.84 bits per heavy atom. The van der Waals surface area contributed by atoms with Crippen LogP contribution in [-0.4, -0.2) is 48.8 Å². The van der Waals surface area contributed by atoms with Crippen molar-refractivity contribution in [3.63, 3.8) is 0 Å². The van der Waals surface area contributed by atoms with E-state index in [4.69, 9.17) is 4.74 Å². The first-order valence-corrected chi connectivity index (χ1v) is 10.4. The van der Waals surface area contributed by atoms with Crippen molar-refractivity contribution in [2.75, 3.05) is 18.8 Å². The second-order valence-electron chi connectivity index (χ2n) is 7.46. The third-order valence-electron chi connectivity index (χ3n) is 4.44. The van der Waals surface area contributed by atoms with Crippen LogP contribution in [0.2, 0.25) is 0 Å². The number of hydrogen-bond acceptors (Lipinski definition) is 5. The molecule has 1 aliphatic heterocycles. The van der Waals surface area contributed by atoms with Crippen molar-refractivity contribution in [1.82, 2.24) is 9.88 Å². The van der Waals surface area contributed by atoms with E-state index in [1.807, 2.05) is 20.8 Å². The minimum Gasteiger partial charge on any atom is -0.444 e. The van der Waals surface area contributed by atoms with Gasteiger partial charge in [0, 0.05) is 31.2 Å². The van der Waals surface area contributed by atoms with Crippen LogP contribution in [0.5, 0.6) is 0 Å². The second-order valence-corrected chi connectivity index (χ2v) is 9.87. The van der Waals surface area contributed by atoms with Gasteiger partial charge in [0.25, 0.3) is 0 Å². The van der Waals surface area contributed by atoms with E-state index in [0.717, 1.165) is 5.56 Å². The standard InChI is InChI=1S/C18H28N2O4S/c1-5-25(22,23)16(14-6-10-19-11-7-14)15-8-12-20(13-9-15)17(21)24-18(2,3)4/h6-7,10-11,15-16H,5,8-9,12-13H2,1-4H3. The largest absolute Gasteiger partial charge is 0.444 e. The van der Waals surface area contributed by atoms with Gasteiger partial charge in [0.15, 0.2) is 9.84 Å². The average Bonchev–Trinajstić information content (AvgIpc) is 2.55. The second kappa shape index (κ2) is 7.72. The Morgan fingerprint density at radius 3 is 2.32 bits per heavy atom. The molecule has 0 aromatic carbocycles. The van der Waals surface area contributed by atoms with Gasteiger partial charge in [0.2, 0.25) is 0 Å². The van der Waals surface area contributed by atoms with Crippen LogP contribution in [-0.2, 0) is 14.6 Å². The zero-order chi connectivity index (χ0) is 18.7. The fraction of sp³-hybridized carbons (Fsp3) is 0.667. The quantitative estimate of drug-likeness (QED) is 0.816. The van der Waals surface area contributed by atoms with Crippen molar-refractivity contribution < 1.29 is 17.9 Å². The van der Waals surface area contributed by atoms with Crippen molar-refractivity contribution in [1.29, 1.82) is 0 Å². The molecule has 7 heteroatoms. The number of carbonyl (C=O) groups excluding carboxylic acids is 1. The number of carbonyl (C=O) groups is 1. The maximum absolute atomic E-state index is 12.7. The highest BCUT2D eigenvalue weighted by Gasteiger charge is 2.37. The summed E-state index contributed by atoms with van der Waals surface area (Å²) in [7, 11) is -3.24. The summed E-state index contributed by atoms with van der Waals surface area (Å²) in [6.07, 6.45) is 4.22. The molecule has 1 aromatic heterocycles. The summed E-state index contributed by atoms with van der Waals surface area (Å²) in [6.45, 7) is 8.22. The molecule has 1 atom stereocenters. The lowest BCUT2D eigenvalue weighted by Crippen LogP contribution is -2.43. The molecule has 1 amide bonds. The van der Waals surface area contributed by atoms with Gasteiger partial charge in [-0.2, -0.15) is 0 Å². The molecule has 0 radical (unpaired) electrons. The van der Waals surface area contributed by atoms with Crippen LogP contribution in [0.25, 0.3) is 0 Å². The van der Waals surface area contributed by atoms with E-state index in [9.17, 15) is 13.2 Å². The topological polar surface area (TPSA) is 76.6 Å². The number of ether oxygens (including phenoxy) is 1. The maximum atomic E-state index is 12.7. The van der Waals surface area contributed by atoms with Crippen molar-refractivity contribution in [2.24, 2.45) is 5.92 Å². The lowest BCUT2D eigenvalue weighted by molar-refractivity contribution is 0.0182. The van der Waals surface area contributed by atoms with E-state index in [1.165, 1.54) is 0 Å². The number of amides is 1. The Kier molecular flexibility index (Phi) is 6.08. The van der Waals surface area contributed by atoms with Gasteiger partial charge in [0.05, 0.1) is 5.25 Å². The molecule has 0 saturated carbocycles. The molecule has 0 N–H and O–H groups in total. The zero-order valence-corrected chi connectivity index (χ0v) is 16.3.